The van der Waals surface area contributed by atoms with E-state index in [1.54, 1.807) is 48.9 Å². The van der Waals surface area contributed by atoms with E-state index in [1.807, 2.05) is 53.4 Å². The molecule has 1 aromatic carbocycles. The first-order chi connectivity index (χ1) is 13.3. The molecule has 0 N–H and O–H groups in total. The smallest absolute Gasteiger partial charge is 0.211 e. The maximum absolute atomic E-state index is 12.6. The molecule has 0 aliphatic carbocycles. The fourth-order valence-electron chi connectivity index (χ4n) is 2.76. The molecule has 0 amide bonds. The maximum atomic E-state index is 12.6. The molecule has 0 aliphatic heterocycles. The number of benzene rings is 1. The van der Waals surface area contributed by atoms with Gasteiger partial charge in [-0.15, -0.1) is 0 Å². The SMILES string of the molecule is O=C(c1ccc(N(c2ccccn2)c2ccccn2)cc1)c1ccccn1. The van der Waals surface area contributed by atoms with Gasteiger partial charge in [0, 0.05) is 29.8 Å². The standard InChI is InChI=1S/C22H16N4O/c27-22(19-7-1-4-14-23-19)17-10-12-18(13-11-17)26(20-8-2-5-15-24-20)21-9-3-6-16-25-21/h1-16H. The van der Waals surface area contributed by atoms with Crippen LogP contribution in [0, 0.1) is 0 Å². The number of hydrogen-bond donors (Lipinski definition) is 0. The first-order valence-electron chi connectivity index (χ1n) is 8.51. The molecule has 0 radical (unpaired) electrons. The summed E-state index contributed by atoms with van der Waals surface area (Å²) in [6, 6.07) is 24.1. The summed E-state index contributed by atoms with van der Waals surface area (Å²) in [6.45, 7) is 0. The maximum Gasteiger partial charge on any atom is 0.211 e. The molecule has 0 aliphatic rings. The summed E-state index contributed by atoms with van der Waals surface area (Å²) in [4.78, 5) is 27.5. The van der Waals surface area contributed by atoms with Gasteiger partial charge in [0.1, 0.15) is 17.3 Å². The van der Waals surface area contributed by atoms with Crippen LogP contribution in [0.15, 0.2) is 97.5 Å². The van der Waals surface area contributed by atoms with E-state index in [4.69, 9.17) is 0 Å². The largest absolute Gasteiger partial charge is 0.287 e. The van der Waals surface area contributed by atoms with Crippen LogP contribution in [0.3, 0.4) is 0 Å². The van der Waals surface area contributed by atoms with Crippen molar-refractivity contribution in [3.8, 4) is 0 Å². The minimum atomic E-state index is -0.107. The van der Waals surface area contributed by atoms with Crippen LogP contribution < -0.4 is 4.90 Å². The predicted molar refractivity (Wildman–Crippen MR) is 104 cm³/mol. The first-order valence-corrected chi connectivity index (χ1v) is 8.51. The van der Waals surface area contributed by atoms with Gasteiger partial charge in [0.05, 0.1) is 0 Å². The van der Waals surface area contributed by atoms with Crippen molar-refractivity contribution in [2.45, 2.75) is 0 Å². The molecular weight excluding hydrogens is 336 g/mol. The van der Waals surface area contributed by atoms with Crippen molar-refractivity contribution in [2.75, 3.05) is 4.90 Å². The number of carbonyl (C=O) groups is 1. The number of hydrogen-bond acceptors (Lipinski definition) is 5. The first kappa shape index (κ1) is 16.6. The summed E-state index contributed by atoms with van der Waals surface area (Å²) in [5.74, 6) is 1.39. The molecule has 4 aromatic rings. The van der Waals surface area contributed by atoms with Crippen LogP contribution in [0.5, 0.6) is 0 Å². The second-order valence-electron chi connectivity index (χ2n) is 5.80. The number of ketones is 1. The van der Waals surface area contributed by atoms with Gasteiger partial charge in [-0.25, -0.2) is 9.97 Å². The summed E-state index contributed by atoms with van der Waals surface area (Å²) in [7, 11) is 0. The van der Waals surface area contributed by atoms with Gasteiger partial charge in [-0.1, -0.05) is 18.2 Å². The van der Waals surface area contributed by atoms with Crippen molar-refractivity contribution in [3.63, 3.8) is 0 Å². The second kappa shape index (κ2) is 7.58. The lowest BCUT2D eigenvalue weighted by molar-refractivity contribution is 0.103. The number of anilines is 3. The van der Waals surface area contributed by atoms with Crippen LogP contribution in [0.4, 0.5) is 17.3 Å². The van der Waals surface area contributed by atoms with Gasteiger partial charge >= 0.3 is 0 Å². The zero-order chi connectivity index (χ0) is 18.5. The Balaban J connectivity index is 1.70. The highest BCUT2D eigenvalue weighted by Crippen LogP contribution is 2.31. The Labute approximate surface area is 157 Å². The van der Waals surface area contributed by atoms with Gasteiger partial charge < -0.3 is 0 Å². The van der Waals surface area contributed by atoms with Gasteiger partial charge in [-0.3, -0.25) is 14.7 Å². The fraction of sp³-hybridized carbons (Fsp3) is 0. The third kappa shape index (κ3) is 3.57. The lowest BCUT2D eigenvalue weighted by atomic mass is 10.1. The molecule has 4 rings (SSSR count). The van der Waals surface area contributed by atoms with Crippen molar-refractivity contribution in [2.24, 2.45) is 0 Å². The van der Waals surface area contributed by atoms with E-state index in [-0.39, 0.29) is 5.78 Å². The zero-order valence-corrected chi connectivity index (χ0v) is 14.4. The van der Waals surface area contributed by atoms with Crippen LogP contribution >= 0.6 is 0 Å². The van der Waals surface area contributed by atoms with Crippen LogP contribution in [-0.2, 0) is 0 Å². The van der Waals surface area contributed by atoms with E-state index in [9.17, 15) is 4.79 Å². The van der Waals surface area contributed by atoms with Gasteiger partial charge in [0.25, 0.3) is 0 Å². The molecule has 0 saturated carbocycles. The van der Waals surface area contributed by atoms with Crippen molar-refractivity contribution in [1.82, 2.24) is 15.0 Å². The molecule has 3 heterocycles. The Morgan fingerprint density at radius 2 is 1.19 bits per heavy atom. The number of nitrogens with zero attached hydrogens (tertiary/aromatic N) is 4. The molecule has 3 aromatic heterocycles. The van der Waals surface area contributed by atoms with Crippen molar-refractivity contribution in [3.05, 3.63) is 109 Å². The number of pyridine rings is 3. The fourth-order valence-corrected chi connectivity index (χ4v) is 2.76. The molecule has 0 saturated heterocycles. The zero-order valence-electron chi connectivity index (χ0n) is 14.4. The van der Waals surface area contributed by atoms with E-state index >= 15 is 0 Å². The molecule has 0 bridgehead atoms. The Hall–Kier alpha value is -3.86. The predicted octanol–water partition coefficient (Wildman–Crippen LogP) is 4.57. The molecule has 5 nitrogen and oxygen atoms in total. The number of aromatic nitrogens is 3. The highest BCUT2D eigenvalue weighted by atomic mass is 16.1. The van der Waals surface area contributed by atoms with Crippen molar-refractivity contribution >= 4 is 23.1 Å². The Bertz CT molecular complexity index is 981. The average Bonchev–Trinajstić information content (AvgIpc) is 2.76. The Morgan fingerprint density at radius 1 is 0.630 bits per heavy atom. The summed E-state index contributed by atoms with van der Waals surface area (Å²) in [5, 5.41) is 0. The summed E-state index contributed by atoms with van der Waals surface area (Å²) in [6.07, 6.45) is 5.10. The number of carbonyl (C=O) groups excluding carboxylic acids is 1. The number of rotatable bonds is 5. The van der Waals surface area contributed by atoms with Crippen LogP contribution in [0.2, 0.25) is 0 Å². The topological polar surface area (TPSA) is 59.0 Å². The molecule has 0 spiro atoms. The molecular formula is C22H16N4O. The minimum Gasteiger partial charge on any atom is -0.287 e. The van der Waals surface area contributed by atoms with E-state index in [2.05, 4.69) is 15.0 Å². The highest BCUT2D eigenvalue weighted by molar-refractivity contribution is 6.07. The van der Waals surface area contributed by atoms with Crippen molar-refractivity contribution in [1.29, 1.82) is 0 Å². The van der Waals surface area contributed by atoms with Crippen molar-refractivity contribution < 1.29 is 4.79 Å². The molecule has 27 heavy (non-hydrogen) atoms. The molecule has 0 fully saturated rings. The highest BCUT2D eigenvalue weighted by Gasteiger charge is 2.15. The quantitative estimate of drug-likeness (QED) is 0.492. The monoisotopic (exact) mass is 352 g/mol. The molecule has 130 valence electrons. The minimum absolute atomic E-state index is 0.107. The summed E-state index contributed by atoms with van der Waals surface area (Å²) in [5.41, 5.74) is 1.88. The molecule has 5 heteroatoms. The molecule has 0 unspecified atom stereocenters. The summed E-state index contributed by atoms with van der Waals surface area (Å²) < 4.78 is 0. The van der Waals surface area contributed by atoms with Gasteiger partial charge in [-0.2, -0.15) is 0 Å². The van der Waals surface area contributed by atoms with Crippen LogP contribution in [0.25, 0.3) is 0 Å². The third-order valence-electron chi connectivity index (χ3n) is 4.04. The Kier molecular flexibility index (Phi) is 4.66. The van der Waals surface area contributed by atoms with Crippen LogP contribution in [-0.4, -0.2) is 20.7 Å². The van der Waals surface area contributed by atoms with E-state index in [0.29, 0.717) is 11.3 Å². The van der Waals surface area contributed by atoms with E-state index in [0.717, 1.165) is 17.3 Å². The normalized spacial score (nSPS) is 10.4. The van der Waals surface area contributed by atoms with Gasteiger partial charge in [0.2, 0.25) is 5.78 Å². The van der Waals surface area contributed by atoms with E-state index in [1.165, 1.54) is 0 Å². The van der Waals surface area contributed by atoms with Gasteiger partial charge in [-0.05, 0) is 60.7 Å². The lowest BCUT2D eigenvalue weighted by Gasteiger charge is -2.22. The Morgan fingerprint density at radius 3 is 1.67 bits per heavy atom. The second-order valence-corrected chi connectivity index (χ2v) is 5.80. The van der Waals surface area contributed by atoms with Gasteiger partial charge in [0.15, 0.2) is 0 Å². The summed E-state index contributed by atoms with van der Waals surface area (Å²) >= 11 is 0. The lowest BCUT2D eigenvalue weighted by Crippen LogP contribution is -2.13. The van der Waals surface area contributed by atoms with Crippen LogP contribution in [0.1, 0.15) is 16.1 Å². The molecule has 0 atom stereocenters. The average molecular weight is 352 g/mol. The van der Waals surface area contributed by atoms with E-state index < -0.39 is 0 Å². The third-order valence-corrected chi connectivity index (χ3v) is 4.04.